The lowest BCUT2D eigenvalue weighted by atomic mass is 10.1. The number of rotatable bonds is 10. The number of anilines is 1. The zero-order chi connectivity index (χ0) is 28.9. The molecule has 1 saturated carbocycles. The third kappa shape index (κ3) is 6.93. The largest absolute Gasteiger partial charge is 0.352 e. The zero-order valence-electron chi connectivity index (χ0n) is 23.1. The number of carbonyl (C=O) groups is 2. The zero-order valence-corrected chi connectivity index (χ0v) is 25.5. The average molecular weight is 627 g/mol. The number of halogens is 1. The number of benzene rings is 3. The van der Waals surface area contributed by atoms with E-state index in [1.54, 1.807) is 37.3 Å². The third-order valence-corrected chi connectivity index (χ3v) is 9.89. The van der Waals surface area contributed by atoms with Crippen molar-refractivity contribution in [3.8, 4) is 0 Å². The minimum atomic E-state index is -4.09. The Balaban J connectivity index is 1.70. The Kier molecular flexibility index (Phi) is 9.68. The third-order valence-electron chi connectivity index (χ3n) is 7.59. The lowest BCUT2D eigenvalue weighted by molar-refractivity contribution is -0.139. The van der Waals surface area contributed by atoms with E-state index in [1.165, 1.54) is 21.3 Å². The van der Waals surface area contributed by atoms with Crippen LogP contribution in [0, 0.1) is 13.8 Å². The molecule has 0 saturated heterocycles. The number of nitrogens with one attached hydrogen (secondary N) is 1. The van der Waals surface area contributed by atoms with Crippen LogP contribution in [0.2, 0.25) is 0 Å². The van der Waals surface area contributed by atoms with E-state index >= 15 is 0 Å². The summed E-state index contributed by atoms with van der Waals surface area (Å²) in [5.41, 5.74) is 2.95. The van der Waals surface area contributed by atoms with Gasteiger partial charge in [0.2, 0.25) is 11.8 Å². The van der Waals surface area contributed by atoms with Crippen LogP contribution in [0.5, 0.6) is 0 Å². The predicted molar refractivity (Wildman–Crippen MR) is 161 cm³/mol. The number of nitrogens with zero attached hydrogens (tertiary/aromatic N) is 2. The number of sulfonamides is 1. The smallest absolute Gasteiger partial charge is 0.264 e. The molecule has 3 aromatic carbocycles. The molecular formula is C31H36BrN3O4S. The second-order valence-corrected chi connectivity index (χ2v) is 13.1. The molecule has 0 aromatic heterocycles. The van der Waals surface area contributed by atoms with Crippen LogP contribution in [0.1, 0.15) is 49.3 Å². The standard InChI is InChI=1S/C31H36BrN3O4S/c1-22-10-9-15-29(23(22)2)35(40(38,39)28-13-5-4-6-14-28)21-30(36)34(20-25-16-18-26(32)19-17-25)24(3)31(37)33-27-11-7-8-12-27/h4-6,9-10,13-19,24,27H,7-8,11-12,20-21H2,1-3H3,(H,33,37). The van der Waals surface area contributed by atoms with E-state index in [4.69, 9.17) is 0 Å². The van der Waals surface area contributed by atoms with Gasteiger partial charge in [-0.1, -0.05) is 71.2 Å². The van der Waals surface area contributed by atoms with E-state index in [2.05, 4.69) is 21.2 Å². The summed E-state index contributed by atoms with van der Waals surface area (Å²) in [5, 5.41) is 3.09. The minimum absolute atomic E-state index is 0.0928. The summed E-state index contributed by atoms with van der Waals surface area (Å²) in [4.78, 5) is 29.0. The fourth-order valence-corrected chi connectivity index (χ4v) is 6.76. The Labute approximate surface area is 245 Å². The van der Waals surface area contributed by atoms with Crippen LogP contribution in [0.3, 0.4) is 0 Å². The summed E-state index contributed by atoms with van der Waals surface area (Å²) in [6, 6.07) is 20.3. The Morgan fingerprint density at radius 3 is 2.25 bits per heavy atom. The highest BCUT2D eigenvalue weighted by Crippen LogP contribution is 2.29. The average Bonchev–Trinajstić information content (AvgIpc) is 3.46. The molecule has 1 aliphatic rings. The Morgan fingerprint density at radius 1 is 0.950 bits per heavy atom. The molecule has 0 radical (unpaired) electrons. The van der Waals surface area contributed by atoms with Crippen molar-refractivity contribution in [3.63, 3.8) is 0 Å². The minimum Gasteiger partial charge on any atom is -0.352 e. The summed E-state index contributed by atoms with van der Waals surface area (Å²) < 4.78 is 30.0. The van der Waals surface area contributed by atoms with Crippen LogP contribution < -0.4 is 9.62 Å². The van der Waals surface area contributed by atoms with Gasteiger partial charge in [-0.05, 0) is 80.6 Å². The molecule has 0 spiro atoms. The molecule has 0 aliphatic heterocycles. The van der Waals surface area contributed by atoms with Crippen molar-refractivity contribution >= 4 is 43.5 Å². The van der Waals surface area contributed by atoms with Crippen LogP contribution in [0.25, 0.3) is 0 Å². The van der Waals surface area contributed by atoms with Crippen molar-refractivity contribution < 1.29 is 18.0 Å². The van der Waals surface area contributed by atoms with Crippen molar-refractivity contribution in [1.82, 2.24) is 10.2 Å². The maximum Gasteiger partial charge on any atom is 0.264 e. The molecule has 0 bridgehead atoms. The van der Waals surface area contributed by atoms with Gasteiger partial charge in [0.1, 0.15) is 12.6 Å². The molecule has 2 amide bonds. The van der Waals surface area contributed by atoms with Gasteiger partial charge in [0.15, 0.2) is 0 Å². The molecule has 7 nitrogen and oxygen atoms in total. The van der Waals surface area contributed by atoms with Crippen LogP contribution in [-0.4, -0.2) is 43.8 Å². The summed E-state index contributed by atoms with van der Waals surface area (Å²) in [7, 11) is -4.09. The van der Waals surface area contributed by atoms with Gasteiger partial charge in [-0.25, -0.2) is 8.42 Å². The summed E-state index contributed by atoms with van der Waals surface area (Å²) >= 11 is 3.44. The number of hydrogen-bond acceptors (Lipinski definition) is 4. The quantitative estimate of drug-likeness (QED) is 0.311. The highest BCUT2D eigenvalue weighted by molar-refractivity contribution is 9.10. The number of carbonyl (C=O) groups excluding carboxylic acids is 2. The number of aryl methyl sites for hydroxylation is 1. The highest BCUT2D eigenvalue weighted by Gasteiger charge is 2.34. The van der Waals surface area contributed by atoms with Gasteiger partial charge in [-0.15, -0.1) is 0 Å². The van der Waals surface area contributed by atoms with E-state index in [9.17, 15) is 18.0 Å². The molecule has 3 aromatic rings. The van der Waals surface area contributed by atoms with Gasteiger partial charge < -0.3 is 10.2 Å². The molecule has 0 heterocycles. The topological polar surface area (TPSA) is 86.8 Å². The van der Waals surface area contributed by atoms with Gasteiger partial charge in [0.25, 0.3) is 10.0 Å². The Hall–Kier alpha value is -3.17. The first-order valence-electron chi connectivity index (χ1n) is 13.6. The SMILES string of the molecule is Cc1cccc(N(CC(=O)N(Cc2ccc(Br)cc2)C(C)C(=O)NC2CCCC2)S(=O)(=O)c2ccccc2)c1C. The maximum atomic E-state index is 14.1. The van der Waals surface area contributed by atoms with Gasteiger partial charge in [-0.3, -0.25) is 13.9 Å². The molecule has 1 atom stereocenters. The van der Waals surface area contributed by atoms with Crippen molar-refractivity contribution in [2.45, 2.75) is 70.0 Å². The van der Waals surface area contributed by atoms with Crippen LogP contribution in [0.15, 0.2) is 82.2 Å². The normalized spacial score (nSPS) is 14.5. The molecule has 1 fully saturated rings. The van der Waals surface area contributed by atoms with E-state index < -0.39 is 28.5 Å². The highest BCUT2D eigenvalue weighted by atomic mass is 79.9. The van der Waals surface area contributed by atoms with Gasteiger partial charge in [-0.2, -0.15) is 0 Å². The van der Waals surface area contributed by atoms with Crippen molar-refractivity contribution in [2.24, 2.45) is 0 Å². The molecule has 212 valence electrons. The molecule has 40 heavy (non-hydrogen) atoms. The first-order valence-corrected chi connectivity index (χ1v) is 15.8. The Bertz CT molecular complexity index is 1440. The molecule has 9 heteroatoms. The van der Waals surface area contributed by atoms with Crippen LogP contribution >= 0.6 is 15.9 Å². The van der Waals surface area contributed by atoms with Gasteiger partial charge >= 0.3 is 0 Å². The maximum absolute atomic E-state index is 14.1. The van der Waals surface area contributed by atoms with Crippen LogP contribution in [-0.2, 0) is 26.2 Å². The van der Waals surface area contributed by atoms with E-state index in [0.717, 1.165) is 46.8 Å². The fraction of sp³-hybridized carbons (Fsp3) is 0.355. The summed E-state index contributed by atoms with van der Waals surface area (Å²) in [6.45, 7) is 5.18. The first-order chi connectivity index (χ1) is 19.1. The van der Waals surface area contributed by atoms with Gasteiger partial charge in [0, 0.05) is 17.1 Å². The molecule has 1 N–H and O–H groups in total. The van der Waals surface area contributed by atoms with Crippen molar-refractivity contribution in [2.75, 3.05) is 10.8 Å². The molecule has 4 rings (SSSR count). The lowest BCUT2D eigenvalue weighted by Gasteiger charge is -2.33. The lowest BCUT2D eigenvalue weighted by Crippen LogP contribution is -2.52. The van der Waals surface area contributed by atoms with Crippen molar-refractivity contribution in [3.05, 3.63) is 94.0 Å². The Morgan fingerprint density at radius 2 is 1.60 bits per heavy atom. The monoisotopic (exact) mass is 625 g/mol. The summed E-state index contributed by atoms with van der Waals surface area (Å²) in [6.07, 6.45) is 4.00. The molecule has 1 aliphatic carbocycles. The second-order valence-electron chi connectivity index (χ2n) is 10.4. The van der Waals surface area contributed by atoms with E-state index in [0.29, 0.717) is 5.69 Å². The van der Waals surface area contributed by atoms with Gasteiger partial charge in [0.05, 0.1) is 10.6 Å². The van der Waals surface area contributed by atoms with E-state index in [-0.39, 0.29) is 23.4 Å². The number of hydrogen-bond donors (Lipinski definition) is 1. The molecule has 1 unspecified atom stereocenters. The first kappa shape index (κ1) is 29.8. The number of amides is 2. The van der Waals surface area contributed by atoms with Crippen LogP contribution in [0.4, 0.5) is 5.69 Å². The second kappa shape index (κ2) is 13.0. The summed E-state index contributed by atoms with van der Waals surface area (Å²) in [5.74, 6) is -0.695. The van der Waals surface area contributed by atoms with Crippen molar-refractivity contribution in [1.29, 1.82) is 0 Å². The fourth-order valence-electron chi connectivity index (χ4n) is 5.00. The van der Waals surface area contributed by atoms with E-state index in [1.807, 2.05) is 44.2 Å². The predicted octanol–water partition coefficient (Wildman–Crippen LogP) is 5.74. The molecular weight excluding hydrogens is 590 g/mol.